The maximum atomic E-state index is 12.9. The van der Waals surface area contributed by atoms with E-state index in [0.29, 0.717) is 6.07 Å². The zero-order chi connectivity index (χ0) is 11.2. The Kier molecular flexibility index (Phi) is 1.92. The van der Waals surface area contributed by atoms with Crippen LogP contribution in [0.5, 0.6) is 11.5 Å². The summed E-state index contributed by atoms with van der Waals surface area (Å²) in [6, 6.07) is 1.50. The summed E-state index contributed by atoms with van der Waals surface area (Å²) >= 11 is 0. The molecule has 1 aromatic carbocycles. The number of anilines is 1. The molecule has 1 aliphatic heterocycles. The monoisotopic (exact) mass is 223 g/mol. The maximum Gasteiger partial charge on any atom is 0.468 e. The number of ether oxygens (including phenoxy) is 2. The summed E-state index contributed by atoms with van der Waals surface area (Å²) in [4.78, 5) is 0. The number of alkyl halides is 3. The average Bonchev–Trinajstić information content (AvgIpc) is 2.11. The van der Waals surface area contributed by atoms with E-state index in [2.05, 4.69) is 9.47 Å². The molecule has 0 saturated heterocycles. The van der Waals surface area contributed by atoms with Crippen molar-refractivity contribution in [3.8, 4) is 11.5 Å². The highest BCUT2D eigenvalue weighted by molar-refractivity contribution is 5.53. The van der Waals surface area contributed by atoms with E-state index in [9.17, 15) is 17.6 Å². The van der Waals surface area contributed by atoms with Crippen LogP contribution < -0.4 is 15.2 Å². The topological polar surface area (TPSA) is 44.5 Å². The molecule has 0 aliphatic carbocycles. The Labute approximate surface area is 81.4 Å². The molecule has 0 radical (unpaired) electrons. The highest BCUT2D eigenvalue weighted by Crippen LogP contribution is 2.42. The second-order valence-electron chi connectivity index (χ2n) is 2.92. The van der Waals surface area contributed by atoms with Crippen molar-refractivity contribution in [1.29, 1.82) is 0 Å². The molecule has 0 saturated carbocycles. The van der Waals surface area contributed by atoms with E-state index in [4.69, 9.17) is 5.73 Å². The lowest BCUT2D eigenvalue weighted by molar-refractivity contribution is -0.281. The Hall–Kier alpha value is -1.66. The van der Waals surface area contributed by atoms with Gasteiger partial charge >= 0.3 is 12.5 Å². The Bertz CT molecular complexity index is 410. The fraction of sp³-hybridized carbons (Fsp3) is 0.250. The number of hydrogen-bond donors (Lipinski definition) is 1. The van der Waals surface area contributed by atoms with Gasteiger partial charge in [-0.3, -0.25) is 0 Å². The summed E-state index contributed by atoms with van der Waals surface area (Å²) in [6.07, 6.45) is -7.06. The van der Waals surface area contributed by atoms with E-state index >= 15 is 0 Å². The lowest BCUT2D eigenvalue weighted by atomic mass is 10.2. The molecule has 3 nitrogen and oxygen atoms in total. The largest absolute Gasteiger partial charge is 0.468 e. The Morgan fingerprint density at radius 1 is 1.27 bits per heavy atom. The summed E-state index contributed by atoms with van der Waals surface area (Å²) < 4.78 is 58.9. The predicted octanol–water partition coefficient (Wildman–Crippen LogP) is 2.07. The van der Waals surface area contributed by atoms with Gasteiger partial charge in [-0.2, -0.15) is 13.2 Å². The third kappa shape index (κ3) is 1.53. The molecule has 1 heterocycles. The number of nitrogens with two attached hydrogens (primary N) is 1. The molecule has 0 amide bonds. The van der Waals surface area contributed by atoms with Gasteiger partial charge in [0.1, 0.15) is 5.82 Å². The van der Waals surface area contributed by atoms with Gasteiger partial charge in [0.25, 0.3) is 0 Å². The molecule has 0 aromatic heterocycles. The fourth-order valence-corrected chi connectivity index (χ4v) is 1.10. The number of nitrogen functional groups attached to an aromatic ring is 1. The van der Waals surface area contributed by atoms with Crippen molar-refractivity contribution in [3.63, 3.8) is 0 Å². The molecule has 1 aliphatic rings. The minimum atomic E-state index is -4.10. The SMILES string of the molecule is Nc1cc2c(cc1F)O[C@H](F)C(F)(F)O2. The molecule has 2 N–H and O–H groups in total. The van der Waals surface area contributed by atoms with Gasteiger partial charge in [0.15, 0.2) is 11.5 Å². The highest BCUT2D eigenvalue weighted by atomic mass is 19.3. The van der Waals surface area contributed by atoms with E-state index in [-0.39, 0.29) is 5.69 Å². The molecule has 7 heteroatoms. The molecule has 82 valence electrons. The molecular formula is C8H5F4NO2. The number of rotatable bonds is 0. The second kappa shape index (κ2) is 2.91. The summed E-state index contributed by atoms with van der Waals surface area (Å²) in [7, 11) is 0. The van der Waals surface area contributed by atoms with E-state index in [1.165, 1.54) is 0 Å². The van der Waals surface area contributed by atoms with Crippen LogP contribution in [0.25, 0.3) is 0 Å². The molecule has 15 heavy (non-hydrogen) atoms. The molecule has 0 bridgehead atoms. The maximum absolute atomic E-state index is 12.9. The first kappa shape index (κ1) is 9.88. The zero-order valence-electron chi connectivity index (χ0n) is 7.14. The summed E-state index contributed by atoms with van der Waals surface area (Å²) in [5, 5.41) is 0. The van der Waals surface area contributed by atoms with E-state index < -0.39 is 29.8 Å². The quantitative estimate of drug-likeness (QED) is 0.540. The summed E-state index contributed by atoms with van der Waals surface area (Å²) in [5.74, 6) is -1.83. The third-order valence-electron chi connectivity index (χ3n) is 1.80. The zero-order valence-corrected chi connectivity index (χ0v) is 7.14. The molecular weight excluding hydrogens is 218 g/mol. The summed E-state index contributed by atoms with van der Waals surface area (Å²) in [6.45, 7) is 0. The standard InChI is InChI=1S/C8H5F4NO2/c9-3-1-5-6(2-4(3)13)15-8(11,12)7(10)14-5/h1-2,7H,13H2/t7-/m0/s1. The summed E-state index contributed by atoms with van der Waals surface area (Å²) in [5.41, 5.74) is 4.73. The van der Waals surface area contributed by atoms with Crippen LogP contribution >= 0.6 is 0 Å². The number of hydrogen-bond acceptors (Lipinski definition) is 3. The van der Waals surface area contributed by atoms with Gasteiger partial charge in [-0.05, 0) is 0 Å². The van der Waals surface area contributed by atoms with Gasteiger partial charge in [-0.1, -0.05) is 0 Å². The van der Waals surface area contributed by atoms with Crippen LogP contribution in [-0.2, 0) is 0 Å². The molecule has 1 aromatic rings. The fourth-order valence-electron chi connectivity index (χ4n) is 1.10. The average molecular weight is 223 g/mol. The molecule has 0 spiro atoms. The van der Waals surface area contributed by atoms with Crippen LogP contribution in [0, 0.1) is 5.82 Å². The Morgan fingerprint density at radius 3 is 2.60 bits per heavy atom. The van der Waals surface area contributed by atoms with Crippen LogP contribution in [0.2, 0.25) is 0 Å². The molecule has 0 unspecified atom stereocenters. The predicted molar refractivity (Wildman–Crippen MR) is 41.9 cm³/mol. The van der Waals surface area contributed by atoms with E-state index in [1.54, 1.807) is 0 Å². The smallest absolute Gasteiger partial charge is 0.447 e. The minimum absolute atomic E-state index is 0.384. The van der Waals surface area contributed by atoms with Gasteiger partial charge in [0.05, 0.1) is 5.69 Å². The minimum Gasteiger partial charge on any atom is -0.447 e. The van der Waals surface area contributed by atoms with E-state index in [0.717, 1.165) is 6.07 Å². The first-order chi connectivity index (χ1) is 6.90. The first-order valence-corrected chi connectivity index (χ1v) is 3.87. The van der Waals surface area contributed by atoms with Crippen molar-refractivity contribution in [2.75, 3.05) is 5.73 Å². The van der Waals surface area contributed by atoms with Gasteiger partial charge in [0, 0.05) is 12.1 Å². The molecule has 0 fully saturated rings. The molecule has 2 rings (SSSR count). The van der Waals surface area contributed by atoms with Crippen molar-refractivity contribution in [3.05, 3.63) is 17.9 Å². The highest BCUT2D eigenvalue weighted by Gasteiger charge is 2.49. The van der Waals surface area contributed by atoms with E-state index in [1.807, 2.05) is 0 Å². The molecule has 1 atom stereocenters. The van der Waals surface area contributed by atoms with Gasteiger partial charge < -0.3 is 15.2 Å². The van der Waals surface area contributed by atoms with Crippen LogP contribution in [0.15, 0.2) is 12.1 Å². The third-order valence-corrected chi connectivity index (χ3v) is 1.80. The second-order valence-corrected chi connectivity index (χ2v) is 2.92. The van der Waals surface area contributed by atoms with Crippen molar-refractivity contribution in [2.45, 2.75) is 12.5 Å². The number of halogens is 4. The van der Waals surface area contributed by atoms with Crippen molar-refractivity contribution >= 4 is 5.69 Å². The Balaban J connectivity index is 2.46. The van der Waals surface area contributed by atoms with Crippen LogP contribution in [0.3, 0.4) is 0 Å². The number of benzene rings is 1. The Morgan fingerprint density at radius 2 is 1.93 bits per heavy atom. The van der Waals surface area contributed by atoms with Crippen LogP contribution in [-0.4, -0.2) is 12.5 Å². The first-order valence-electron chi connectivity index (χ1n) is 3.87. The lowest BCUT2D eigenvalue weighted by Gasteiger charge is -2.28. The van der Waals surface area contributed by atoms with Crippen molar-refractivity contribution in [1.82, 2.24) is 0 Å². The van der Waals surface area contributed by atoms with Gasteiger partial charge in [-0.15, -0.1) is 0 Å². The number of fused-ring (bicyclic) bond motifs is 1. The van der Waals surface area contributed by atoms with Gasteiger partial charge in [0.2, 0.25) is 0 Å². The van der Waals surface area contributed by atoms with Crippen molar-refractivity contribution < 1.29 is 27.0 Å². The van der Waals surface area contributed by atoms with Crippen molar-refractivity contribution in [2.24, 2.45) is 0 Å². The normalized spacial score (nSPS) is 22.5. The van der Waals surface area contributed by atoms with Crippen LogP contribution in [0.4, 0.5) is 23.2 Å². The lowest BCUT2D eigenvalue weighted by Crippen LogP contribution is -2.43. The van der Waals surface area contributed by atoms with Gasteiger partial charge in [-0.25, -0.2) is 4.39 Å². The van der Waals surface area contributed by atoms with Crippen LogP contribution in [0.1, 0.15) is 0 Å².